The molecule has 0 aliphatic heterocycles. The van der Waals surface area contributed by atoms with E-state index in [-0.39, 0.29) is 11.9 Å². The molecule has 1 heterocycles. The van der Waals surface area contributed by atoms with E-state index in [0.717, 1.165) is 10.4 Å². The molecule has 2 N–H and O–H groups in total. The van der Waals surface area contributed by atoms with Crippen LogP contribution >= 0.6 is 11.3 Å². The van der Waals surface area contributed by atoms with E-state index in [0.29, 0.717) is 11.3 Å². The lowest BCUT2D eigenvalue weighted by Gasteiger charge is -2.22. The average Bonchev–Trinajstić information content (AvgIpc) is 3.21. The third-order valence-electron chi connectivity index (χ3n) is 4.05. The number of rotatable bonds is 6. The minimum atomic E-state index is -0.391. The maximum atomic E-state index is 12.6. The Balaban J connectivity index is 1.72. The summed E-state index contributed by atoms with van der Waals surface area (Å²) >= 11 is 1.66. The van der Waals surface area contributed by atoms with Crippen LogP contribution in [0.3, 0.4) is 0 Å². The van der Waals surface area contributed by atoms with Gasteiger partial charge in [0.05, 0.1) is 23.7 Å². The topological polar surface area (TPSA) is 64.9 Å². The monoisotopic (exact) mass is 361 g/mol. The molecule has 2 aromatic carbocycles. The highest BCUT2D eigenvalue weighted by Crippen LogP contribution is 2.26. The SMILES string of the molecule is C[C@H](N[C@H](c1ccccc1)c1cccs1)C(=O)Nc1ccc(C#N)cc1. The van der Waals surface area contributed by atoms with Crippen molar-refractivity contribution in [3.63, 3.8) is 0 Å². The molecule has 0 bridgehead atoms. The number of carbonyl (C=O) groups excluding carboxylic acids is 1. The van der Waals surface area contributed by atoms with Crippen LogP contribution in [0.25, 0.3) is 0 Å². The van der Waals surface area contributed by atoms with Gasteiger partial charge in [0.25, 0.3) is 0 Å². The Labute approximate surface area is 157 Å². The van der Waals surface area contributed by atoms with Gasteiger partial charge in [0, 0.05) is 10.6 Å². The van der Waals surface area contributed by atoms with E-state index in [1.54, 1.807) is 35.6 Å². The minimum absolute atomic E-state index is 0.0436. The zero-order chi connectivity index (χ0) is 18.4. The lowest BCUT2D eigenvalue weighted by Crippen LogP contribution is -2.40. The van der Waals surface area contributed by atoms with Gasteiger partial charge in [-0.1, -0.05) is 36.4 Å². The van der Waals surface area contributed by atoms with Gasteiger partial charge in [-0.05, 0) is 48.2 Å². The molecule has 3 aromatic rings. The zero-order valence-corrected chi connectivity index (χ0v) is 15.2. The maximum absolute atomic E-state index is 12.6. The number of nitrogens with zero attached hydrogens (tertiary/aromatic N) is 1. The van der Waals surface area contributed by atoms with Crippen LogP contribution in [0.15, 0.2) is 72.1 Å². The first-order valence-corrected chi connectivity index (χ1v) is 9.21. The number of carbonyl (C=O) groups is 1. The van der Waals surface area contributed by atoms with E-state index in [1.807, 2.05) is 36.6 Å². The van der Waals surface area contributed by atoms with Crippen LogP contribution in [0.2, 0.25) is 0 Å². The summed E-state index contributed by atoms with van der Waals surface area (Å²) in [6.07, 6.45) is 0. The molecule has 3 rings (SSSR count). The van der Waals surface area contributed by atoms with Gasteiger partial charge in [-0.15, -0.1) is 11.3 Å². The van der Waals surface area contributed by atoms with E-state index in [2.05, 4.69) is 34.9 Å². The Morgan fingerprint density at radius 1 is 1.04 bits per heavy atom. The molecule has 1 amide bonds. The molecule has 2 atom stereocenters. The molecular formula is C21H19N3OS. The highest BCUT2D eigenvalue weighted by atomic mass is 32.1. The van der Waals surface area contributed by atoms with Gasteiger partial charge in [-0.3, -0.25) is 10.1 Å². The van der Waals surface area contributed by atoms with Crippen molar-refractivity contribution >= 4 is 22.9 Å². The zero-order valence-electron chi connectivity index (χ0n) is 14.3. The van der Waals surface area contributed by atoms with Crippen molar-refractivity contribution in [2.24, 2.45) is 0 Å². The third-order valence-corrected chi connectivity index (χ3v) is 4.99. The molecule has 4 nitrogen and oxygen atoms in total. The van der Waals surface area contributed by atoms with Crippen LogP contribution in [-0.4, -0.2) is 11.9 Å². The first kappa shape index (κ1) is 17.9. The van der Waals surface area contributed by atoms with Crippen LogP contribution in [0.5, 0.6) is 0 Å². The first-order valence-electron chi connectivity index (χ1n) is 8.33. The summed E-state index contributed by atoms with van der Waals surface area (Å²) in [7, 11) is 0. The summed E-state index contributed by atoms with van der Waals surface area (Å²) in [5, 5.41) is 17.2. The summed E-state index contributed by atoms with van der Waals surface area (Å²) in [4.78, 5) is 13.7. The average molecular weight is 361 g/mol. The van der Waals surface area contributed by atoms with Gasteiger partial charge in [-0.2, -0.15) is 5.26 Å². The number of nitrogens with one attached hydrogen (secondary N) is 2. The predicted octanol–water partition coefficient (Wildman–Crippen LogP) is 4.33. The molecule has 26 heavy (non-hydrogen) atoms. The normalized spacial score (nSPS) is 12.8. The molecule has 0 fully saturated rings. The summed E-state index contributed by atoms with van der Waals surface area (Å²) in [5.41, 5.74) is 2.36. The summed E-state index contributed by atoms with van der Waals surface area (Å²) in [5.74, 6) is -0.118. The number of benzene rings is 2. The van der Waals surface area contributed by atoms with Crippen molar-refractivity contribution in [3.8, 4) is 6.07 Å². The fourth-order valence-electron chi connectivity index (χ4n) is 2.65. The van der Waals surface area contributed by atoms with Crippen LogP contribution in [0.4, 0.5) is 5.69 Å². The van der Waals surface area contributed by atoms with E-state index in [4.69, 9.17) is 5.26 Å². The van der Waals surface area contributed by atoms with E-state index in [9.17, 15) is 4.79 Å². The molecule has 0 aliphatic rings. The van der Waals surface area contributed by atoms with E-state index >= 15 is 0 Å². The second kappa shape index (κ2) is 8.43. The number of anilines is 1. The highest BCUT2D eigenvalue weighted by molar-refractivity contribution is 7.10. The third kappa shape index (κ3) is 4.37. The second-order valence-electron chi connectivity index (χ2n) is 5.93. The van der Waals surface area contributed by atoms with Crippen LogP contribution < -0.4 is 10.6 Å². The largest absolute Gasteiger partial charge is 0.325 e. The van der Waals surface area contributed by atoms with Crippen molar-refractivity contribution in [1.82, 2.24) is 5.32 Å². The molecule has 0 unspecified atom stereocenters. The van der Waals surface area contributed by atoms with Gasteiger partial charge in [0.1, 0.15) is 0 Å². The Morgan fingerprint density at radius 3 is 2.38 bits per heavy atom. The first-order chi connectivity index (χ1) is 12.7. The van der Waals surface area contributed by atoms with Crippen LogP contribution in [0, 0.1) is 11.3 Å². The standard InChI is InChI=1S/C21H19N3OS/c1-15(21(25)24-18-11-9-16(14-22)10-12-18)23-20(19-8-5-13-26-19)17-6-3-2-4-7-17/h2-13,15,20,23H,1H3,(H,24,25)/t15-,20+/m0/s1. The molecule has 0 saturated heterocycles. The van der Waals surface area contributed by atoms with Crippen molar-refractivity contribution in [2.45, 2.75) is 19.0 Å². The molecule has 1 aromatic heterocycles. The molecule has 0 saturated carbocycles. The van der Waals surface area contributed by atoms with Gasteiger partial charge in [0.15, 0.2) is 0 Å². The highest BCUT2D eigenvalue weighted by Gasteiger charge is 2.21. The van der Waals surface area contributed by atoms with Gasteiger partial charge in [-0.25, -0.2) is 0 Å². The quantitative estimate of drug-likeness (QED) is 0.687. The number of hydrogen-bond acceptors (Lipinski definition) is 4. The lowest BCUT2D eigenvalue weighted by atomic mass is 10.0. The smallest absolute Gasteiger partial charge is 0.241 e. The number of nitriles is 1. The Bertz CT molecular complexity index is 883. The molecule has 130 valence electrons. The van der Waals surface area contributed by atoms with Crippen molar-refractivity contribution in [3.05, 3.63) is 88.1 Å². The fourth-order valence-corrected chi connectivity index (χ4v) is 3.46. The Morgan fingerprint density at radius 2 is 1.77 bits per heavy atom. The van der Waals surface area contributed by atoms with Crippen molar-refractivity contribution in [2.75, 3.05) is 5.32 Å². The number of hydrogen-bond donors (Lipinski definition) is 2. The molecular weight excluding hydrogens is 342 g/mol. The molecule has 0 aliphatic carbocycles. The lowest BCUT2D eigenvalue weighted by molar-refractivity contribution is -0.117. The van der Waals surface area contributed by atoms with Crippen molar-refractivity contribution in [1.29, 1.82) is 5.26 Å². The molecule has 0 radical (unpaired) electrons. The minimum Gasteiger partial charge on any atom is -0.325 e. The van der Waals surface area contributed by atoms with Gasteiger partial charge < -0.3 is 5.32 Å². The second-order valence-corrected chi connectivity index (χ2v) is 6.91. The molecule has 0 spiro atoms. The van der Waals surface area contributed by atoms with E-state index < -0.39 is 6.04 Å². The maximum Gasteiger partial charge on any atom is 0.241 e. The number of amides is 1. The Hall–Kier alpha value is -2.94. The van der Waals surface area contributed by atoms with Crippen LogP contribution in [0.1, 0.15) is 29.0 Å². The Kier molecular flexibility index (Phi) is 5.80. The predicted molar refractivity (Wildman–Crippen MR) is 105 cm³/mol. The van der Waals surface area contributed by atoms with Gasteiger partial charge in [0.2, 0.25) is 5.91 Å². The summed E-state index contributed by atoms with van der Waals surface area (Å²) in [6.45, 7) is 1.85. The number of thiophene rings is 1. The summed E-state index contributed by atoms with van der Waals surface area (Å²) < 4.78 is 0. The fraction of sp³-hybridized carbons (Fsp3) is 0.143. The molecule has 5 heteroatoms. The van der Waals surface area contributed by atoms with E-state index in [1.165, 1.54) is 0 Å². The van der Waals surface area contributed by atoms with Crippen molar-refractivity contribution < 1.29 is 4.79 Å². The van der Waals surface area contributed by atoms with Crippen LogP contribution in [-0.2, 0) is 4.79 Å². The van der Waals surface area contributed by atoms with Gasteiger partial charge >= 0.3 is 0 Å². The summed E-state index contributed by atoms with van der Waals surface area (Å²) in [6, 6.07) is 22.7.